The van der Waals surface area contributed by atoms with Gasteiger partial charge >= 0.3 is 0 Å². The van der Waals surface area contributed by atoms with Crippen molar-refractivity contribution in [2.75, 3.05) is 5.75 Å². The molecule has 0 unspecified atom stereocenters. The maximum absolute atomic E-state index is 12.5. The molecule has 4 heteroatoms. The van der Waals surface area contributed by atoms with E-state index in [1.54, 1.807) is 42.5 Å². The largest absolute Gasteiger partial charge is 0.299 e. The van der Waals surface area contributed by atoms with Gasteiger partial charge in [0.2, 0.25) is 0 Å². The molecular formula is C17H12O3S. The Kier molecular flexibility index (Phi) is 3.47. The Balaban J connectivity index is 2.04. The average molecular weight is 296 g/mol. The lowest BCUT2D eigenvalue weighted by Crippen LogP contribution is -2.20. The van der Waals surface area contributed by atoms with Crippen molar-refractivity contribution in [3.8, 4) is 0 Å². The molecule has 0 radical (unpaired) electrons. The minimum atomic E-state index is -0.134. The number of Topliss-reactive ketones (excluding diaryl/α,β-unsaturated/α-hetero) is 1. The first-order valence-electron chi connectivity index (χ1n) is 6.52. The fourth-order valence-electron chi connectivity index (χ4n) is 2.35. The summed E-state index contributed by atoms with van der Waals surface area (Å²) in [6.45, 7) is 1.52. The van der Waals surface area contributed by atoms with Crippen LogP contribution in [0.5, 0.6) is 0 Å². The van der Waals surface area contributed by atoms with Crippen molar-refractivity contribution in [1.29, 1.82) is 0 Å². The molecule has 1 aliphatic carbocycles. The smallest absolute Gasteiger partial charge is 0.194 e. The summed E-state index contributed by atoms with van der Waals surface area (Å²) in [5.41, 5.74) is 1.76. The number of thioether (sulfide) groups is 1. The van der Waals surface area contributed by atoms with Crippen molar-refractivity contribution in [2.24, 2.45) is 0 Å². The van der Waals surface area contributed by atoms with Gasteiger partial charge in [-0.05, 0) is 25.1 Å². The normalized spacial score (nSPS) is 12.8. The molecule has 0 fully saturated rings. The lowest BCUT2D eigenvalue weighted by atomic mass is 9.84. The third-order valence-corrected chi connectivity index (χ3v) is 4.48. The van der Waals surface area contributed by atoms with Crippen LogP contribution in [0.2, 0.25) is 0 Å². The van der Waals surface area contributed by atoms with E-state index in [1.807, 2.05) is 0 Å². The van der Waals surface area contributed by atoms with Gasteiger partial charge in [-0.15, -0.1) is 11.8 Å². The molecule has 0 aliphatic heterocycles. The molecule has 0 atom stereocenters. The Morgan fingerprint density at radius 2 is 1.48 bits per heavy atom. The zero-order chi connectivity index (χ0) is 15.0. The van der Waals surface area contributed by atoms with Gasteiger partial charge in [0.25, 0.3) is 0 Å². The van der Waals surface area contributed by atoms with E-state index in [0.717, 1.165) is 4.90 Å². The molecule has 0 amide bonds. The standard InChI is InChI=1S/C17H12O3S/c1-10(18)9-21-11-6-7-14-15(8-11)17(20)13-5-3-2-4-12(13)16(14)19/h2-8H,9H2,1H3. The Labute approximate surface area is 126 Å². The topological polar surface area (TPSA) is 51.2 Å². The number of hydrogen-bond donors (Lipinski definition) is 0. The molecular weight excluding hydrogens is 284 g/mol. The maximum atomic E-state index is 12.5. The van der Waals surface area contributed by atoms with Gasteiger partial charge in [0.1, 0.15) is 5.78 Å². The highest BCUT2D eigenvalue weighted by Crippen LogP contribution is 2.30. The third-order valence-electron chi connectivity index (χ3n) is 3.34. The van der Waals surface area contributed by atoms with E-state index < -0.39 is 0 Å². The summed E-state index contributed by atoms with van der Waals surface area (Å²) in [5.74, 6) is 0.177. The van der Waals surface area contributed by atoms with Crippen molar-refractivity contribution in [3.05, 3.63) is 64.7 Å². The van der Waals surface area contributed by atoms with Gasteiger partial charge in [0.05, 0.1) is 5.75 Å². The van der Waals surface area contributed by atoms with Crippen LogP contribution in [-0.2, 0) is 4.79 Å². The molecule has 0 heterocycles. The van der Waals surface area contributed by atoms with E-state index in [4.69, 9.17) is 0 Å². The quantitative estimate of drug-likeness (QED) is 0.697. The van der Waals surface area contributed by atoms with Crippen LogP contribution < -0.4 is 0 Å². The van der Waals surface area contributed by atoms with Crippen LogP contribution >= 0.6 is 11.8 Å². The fourth-order valence-corrected chi connectivity index (χ4v) is 3.09. The van der Waals surface area contributed by atoms with Gasteiger partial charge in [0, 0.05) is 27.1 Å². The number of ketones is 3. The van der Waals surface area contributed by atoms with E-state index in [9.17, 15) is 14.4 Å². The molecule has 0 saturated carbocycles. The summed E-state index contributed by atoms with van der Waals surface area (Å²) in [6, 6.07) is 12.0. The number of carbonyl (C=O) groups excluding carboxylic acids is 3. The number of carbonyl (C=O) groups is 3. The SMILES string of the molecule is CC(=O)CSc1ccc2c(c1)C(=O)c1ccccc1C2=O. The van der Waals surface area contributed by atoms with Crippen molar-refractivity contribution in [2.45, 2.75) is 11.8 Å². The maximum Gasteiger partial charge on any atom is 0.194 e. The van der Waals surface area contributed by atoms with Crippen LogP contribution in [-0.4, -0.2) is 23.1 Å². The Morgan fingerprint density at radius 1 is 0.905 bits per heavy atom. The second-order valence-corrected chi connectivity index (χ2v) is 5.95. The highest BCUT2D eigenvalue weighted by Gasteiger charge is 2.29. The van der Waals surface area contributed by atoms with Crippen LogP contribution in [0, 0.1) is 0 Å². The molecule has 0 bridgehead atoms. The lowest BCUT2D eigenvalue weighted by Gasteiger charge is -2.17. The molecule has 104 valence electrons. The summed E-state index contributed by atoms with van der Waals surface area (Å²) in [4.78, 5) is 36.8. The first kappa shape index (κ1) is 13.8. The third kappa shape index (κ3) is 2.43. The van der Waals surface area contributed by atoms with Gasteiger partial charge in [-0.3, -0.25) is 14.4 Å². The average Bonchev–Trinajstić information content (AvgIpc) is 2.50. The molecule has 3 nitrogen and oxygen atoms in total. The molecule has 0 N–H and O–H groups in total. The Morgan fingerprint density at radius 3 is 2.10 bits per heavy atom. The van der Waals surface area contributed by atoms with Crippen molar-refractivity contribution < 1.29 is 14.4 Å². The van der Waals surface area contributed by atoms with Crippen LogP contribution in [0.1, 0.15) is 38.8 Å². The number of benzene rings is 2. The zero-order valence-corrected chi connectivity index (χ0v) is 12.2. The molecule has 2 aromatic carbocycles. The van der Waals surface area contributed by atoms with Gasteiger partial charge in [-0.25, -0.2) is 0 Å². The Hall–Kier alpha value is -2.20. The van der Waals surface area contributed by atoms with Crippen molar-refractivity contribution >= 4 is 29.1 Å². The first-order valence-corrected chi connectivity index (χ1v) is 7.51. The zero-order valence-electron chi connectivity index (χ0n) is 11.4. The molecule has 0 spiro atoms. The minimum absolute atomic E-state index is 0.0745. The molecule has 3 rings (SSSR count). The predicted octanol–water partition coefficient (Wildman–Crippen LogP) is 3.14. The van der Waals surface area contributed by atoms with E-state index in [1.165, 1.54) is 18.7 Å². The first-order chi connectivity index (χ1) is 10.1. The lowest BCUT2D eigenvalue weighted by molar-refractivity contribution is -0.114. The van der Waals surface area contributed by atoms with Gasteiger partial charge in [-0.1, -0.05) is 24.3 Å². The second kappa shape index (κ2) is 5.30. The molecule has 21 heavy (non-hydrogen) atoms. The van der Waals surface area contributed by atoms with Gasteiger partial charge in [0.15, 0.2) is 11.6 Å². The van der Waals surface area contributed by atoms with Crippen LogP contribution in [0.15, 0.2) is 47.4 Å². The molecule has 2 aromatic rings. The Bertz CT molecular complexity index is 777. The summed E-state index contributed by atoms with van der Waals surface area (Å²) in [7, 11) is 0. The highest BCUT2D eigenvalue weighted by molar-refractivity contribution is 8.00. The molecule has 0 saturated heterocycles. The molecule has 1 aliphatic rings. The summed E-state index contributed by atoms with van der Waals surface area (Å²) in [5, 5.41) is 0. The predicted molar refractivity (Wildman–Crippen MR) is 81.2 cm³/mol. The van der Waals surface area contributed by atoms with Crippen molar-refractivity contribution in [1.82, 2.24) is 0 Å². The van der Waals surface area contributed by atoms with Gasteiger partial charge in [-0.2, -0.15) is 0 Å². The summed E-state index contributed by atoms with van der Waals surface area (Å²) < 4.78 is 0. The van der Waals surface area contributed by atoms with Crippen molar-refractivity contribution in [3.63, 3.8) is 0 Å². The van der Waals surface area contributed by atoms with E-state index in [2.05, 4.69) is 0 Å². The summed E-state index contributed by atoms with van der Waals surface area (Å²) in [6.07, 6.45) is 0. The van der Waals surface area contributed by atoms with Gasteiger partial charge < -0.3 is 0 Å². The van der Waals surface area contributed by atoms with E-state index >= 15 is 0 Å². The fraction of sp³-hybridized carbons (Fsp3) is 0.118. The monoisotopic (exact) mass is 296 g/mol. The van der Waals surface area contributed by atoms with E-state index in [-0.39, 0.29) is 17.3 Å². The molecule has 0 aromatic heterocycles. The van der Waals surface area contributed by atoms with E-state index in [0.29, 0.717) is 28.0 Å². The number of rotatable bonds is 3. The number of fused-ring (bicyclic) bond motifs is 2. The summed E-state index contributed by atoms with van der Waals surface area (Å²) >= 11 is 1.37. The van der Waals surface area contributed by atoms with Crippen LogP contribution in [0.3, 0.4) is 0 Å². The van der Waals surface area contributed by atoms with Crippen LogP contribution in [0.25, 0.3) is 0 Å². The highest BCUT2D eigenvalue weighted by atomic mass is 32.2. The van der Waals surface area contributed by atoms with Crippen LogP contribution in [0.4, 0.5) is 0 Å². The second-order valence-electron chi connectivity index (χ2n) is 4.90. The number of hydrogen-bond acceptors (Lipinski definition) is 4. The minimum Gasteiger partial charge on any atom is -0.299 e.